The number of unbranched alkanes of at least 4 members (excludes halogenated alkanes) is 35. The first-order chi connectivity index (χ1) is 43.9. The molecule has 0 heterocycles. The Balaban J connectivity index is 5.26. The molecular formula is C72H136O17P2. The number of phosphoric ester groups is 2. The highest BCUT2D eigenvalue weighted by atomic mass is 31.2. The molecule has 0 aromatic heterocycles. The molecule has 19 heteroatoms. The molecule has 0 bridgehead atoms. The predicted octanol–water partition coefficient (Wildman–Crippen LogP) is 20.3. The fraction of sp³-hybridized carbons (Fsp3) is 0.889. The van der Waals surface area contributed by atoms with Crippen molar-refractivity contribution in [1.29, 1.82) is 0 Å². The summed E-state index contributed by atoms with van der Waals surface area (Å²) in [5.41, 5.74) is 0. The molecule has 536 valence electrons. The Morgan fingerprint density at radius 3 is 0.989 bits per heavy atom. The molecule has 0 radical (unpaired) electrons. The summed E-state index contributed by atoms with van der Waals surface area (Å²) in [6.07, 6.45) is 52.2. The van der Waals surface area contributed by atoms with Gasteiger partial charge in [0.25, 0.3) is 0 Å². The normalized spacial score (nSPS) is 14.6. The highest BCUT2D eigenvalue weighted by Crippen LogP contribution is 2.45. The van der Waals surface area contributed by atoms with Gasteiger partial charge in [0, 0.05) is 25.7 Å². The minimum atomic E-state index is -4.96. The lowest BCUT2D eigenvalue weighted by atomic mass is 10.00. The topological polar surface area (TPSA) is 237 Å². The Morgan fingerprint density at radius 1 is 0.363 bits per heavy atom. The Hall–Kier alpha value is -2.46. The summed E-state index contributed by atoms with van der Waals surface area (Å²) in [5, 5.41) is 10.6. The number of carbonyl (C=O) groups excluding carboxylic acids is 4. The van der Waals surface area contributed by atoms with Gasteiger partial charge in [-0.2, -0.15) is 0 Å². The SMILES string of the molecule is CCCCCC/C=C\C=C/CCCCCCCC(=O)OC[C@H](COP(=O)(O)OC[C@@H](O)COP(=O)(O)OC[C@@H](COC(=O)CCCCCCCCCCC)OC(=O)CCCCCCCCC(C)CC)OC(=O)CCCCCCCCCCCCCCCCC(C)C. The van der Waals surface area contributed by atoms with Crippen LogP contribution in [0.3, 0.4) is 0 Å². The van der Waals surface area contributed by atoms with E-state index < -0.39 is 97.5 Å². The minimum Gasteiger partial charge on any atom is -0.462 e. The number of allylic oxidation sites excluding steroid dienone is 4. The first-order valence-corrected chi connectivity index (χ1v) is 39.8. The maximum Gasteiger partial charge on any atom is 0.472 e. The van der Waals surface area contributed by atoms with E-state index in [2.05, 4.69) is 65.8 Å². The number of esters is 4. The monoisotopic (exact) mass is 1330 g/mol. The molecule has 3 unspecified atom stereocenters. The maximum absolute atomic E-state index is 13.0. The molecule has 0 spiro atoms. The van der Waals surface area contributed by atoms with Gasteiger partial charge in [-0.1, -0.05) is 291 Å². The molecule has 6 atom stereocenters. The van der Waals surface area contributed by atoms with Gasteiger partial charge in [-0.05, 0) is 63.2 Å². The molecule has 0 amide bonds. The second-order valence-electron chi connectivity index (χ2n) is 26.0. The van der Waals surface area contributed by atoms with Crippen LogP contribution in [0.1, 0.15) is 343 Å². The zero-order valence-corrected chi connectivity index (χ0v) is 60.4. The largest absolute Gasteiger partial charge is 0.472 e. The van der Waals surface area contributed by atoms with Gasteiger partial charge in [0.05, 0.1) is 26.4 Å². The molecule has 0 aromatic carbocycles. The molecule has 0 rings (SSSR count). The highest BCUT2D eigenvalue weighted by molar-refractivity contribution is 7.47. The third-order valence-corrected chi connectivity index (χ3v) is 18.3. The highest BCUT2D eigenvalue weighted by Gasteiger charge is 2.30. The van der Waals surface area contributed by atoms with E-state index in [-0.39, 0.29) is 25.7 Å². The summed E-state index contributed by atoms with van der Waals surface area (Å²) < 4.78 is 68.2. The lowest BCUT2D eigenvalue weighted by Gasteiger charge is -2.21. The Kier molecular flexibility index (Phi) is 61.9. The molecule has 0 aliphatic rings. The van der Waals surface area contributed by atoms with E-state index in [1.165, 1.54) is 141 Å². The van der Waals surface area contributed by atoms with Gasteiger partial charge < -0.3 is 33.8 Å². The third-order valence-electron chi connectivity index (χ3n) is 16.4. The van der Waals surface area contributed by atoms with Crippen molar-refractivity contribution in [2.24, 2.45) is 11.8 Å². The van der Waals surface area contributed by atoms with Crippen molar-refractivity contribution >= 4 is 39.5 Å². The summed E-state index contributed by atoms with van der Waals surface area (Å²) in [4.78, 5) is 72.5. The van der Waals surface area contributed by atoms with E-state index >= 15 is 0 Å². The zero-order valence-electron chi connectivity index (χ0n) is 58.6. The van der Waals surface area contributed by atoms with Crippen molar-refractivity contribution < 1.29 is 80.2 Å². The standard InChI is InChI=1S/C72H136O17P2/c1-7-10-12-14-16-18-19-20-21-25-28-32-36-43-49-55-70(75)83-60-67(88-71(76)56-50-44-37-33-29-26-23-22-24-27-31-34-40-46-52-64(4)5)62-86-90(78,79)84-58-66(73)59-85-91(80,81)87-63-68(61-82-69(74)54-48-42-35-30-17-15-13-11-8-2)89-72(77)57-51-45-39-38-41-47-53-65(6)9-3/h18-21,64-68,73H,7-17,22-63H2,1-6H3,(H,78,79)(H,80,81)/b19-18-,21-20-/t65?,66-,67-,68-/m1/s1. The summed E-state index contributed by atoms with van der Waals surface area (Å²) in [7, 11) is -9.91. The molecule has 0 aliphatic carbocycles. The number of aliphatic hydroxyl groups is 1. The number of aliphatic hydroxyl groups excluding tert-OH is 1. The van der Waals surface area contributed by atoms with Crippen molar-refractivity contribution in [2.75, 3.05) is 39.6 Å². The third kappa shape index (κ3) is 64.6. The molecule has 91 heavy (non-hydrogen) atoms. The van der Waals surface area contributed by atoms with Crippen molar-refractivity contribution in [3.05, 3.63) is 24.3 Å². The van der Waals surface area contributed by atoms with Crippen molar-refractivity contribution in [3.8, 4) is 0 Å². The molecular weight excluding hydrogens is 1200 g/mol. The Bertz CT molecular complexity index is 1860. The molecule has 3 N–H and O–H groups in total. The molecule has 0 fully saturated rings. The number of hydrogen-bond acceptors (Lipinski definition) is 15. The number of carbonyl (C=O) groups is 4. The average Bonchev–Trinajstić information content (AvgIpc) is 2.97. The number of ether oxygens (including phenoxy) is 4. The Morgan fingerprint density at radius 2 is 0.648 bits per heavy atom. The second-order valence-corrected chi connectivity index (χ2v) is 28.9. The van der Waals surface area contributed by atoms with E-state index in [0.29, 0.717) is 25.7 Å². The van der Waals surface area contributed by atoms with Crippen molar-refractivity contribution in [2.45, 2.75) is 362 Å². The van der Waals surface area contributed by atoms with Gasteiger partial charge in [0.2, 0.25) is 0 Å². The van der Waals surface area contributed by atoms with E-state index in [1.807, 2.05) is 0 Å². The summed E-state index contributed by atoms with van der Waals surface area (Å²) >= 11 is 0. The maximum atomic E-state index is 13.0. The quantitative estimate of drug-likeness (QED) is 0.0169. The summed E-state index contributed by atoms with van der Waals surface area (Å²) in [5.74, 6) is -0.644. The van der Waals surface area contributed by atoms with Gasteiger partial charge in [0.1, 0.15) is 19.3 Å². The number of rotatable bonds is 69. The van der Waals surface area contributed by atoms with E-state index in [9.17, 15) is 43.2 Å². The summed E-state index contributed by atoms with van der Waals surface area (Å²) in [6, 6.07) is 0. The van der Waals surface area contributed by atoms with Crippen LogP contribution < -0.4 is 0 Å². The van der Waals surface area contributed by atoms with Gasteiger partial charge in [-0.25, -0.2) is 9.13 Å². The first kappa shape index (κ1) is 88.5. The van der Waals surface area contributed by atoms with Crippen LogP contribution in [0.25, 0.3) is 0 Å². The van der Waals surface area contributed by atoms with Crippen LogP contribution in [-0.4, -0.2) is 96.7 Å². The van der Waals surface area contributed by atoms with Crippen molar-refractivity contribution in [3.63, 3.8) is 0 Å². The van der Waals surface area contributed by atoms with Gasteiger partial charge in [-0.3, -0.25) is 37.3 Å². The summed E-state index contributed by atoms with van der Waals surface area (Å²) in [6.45, 7) is 9.45. The fourth-order valence-corrected chi connectivity index (χ4v) is 12.0. The molecule has 0 saturated heterocycles. The van der Waals surface area contributed by atoms with Crippen LogP contribution in [-0.2, 0) is 65.4 Å². The van der Waals surface area contributed by atoms with Crippen LogP contribution in [0.2, 0.25) is 0 Å². The van der Waals surface area contributed by atoms with E-state index in [0.717, 1.165) is 121 Å². The first-order valence-electron chi connectivity index (χ1n) is 36.8. The number of hydrogen-bond donors (Lipinski definition) is 3. The van der Waals surface area contributed by atoms with Gasteiger partial charge in [0.15, 0.2) is 12.2 Å². The molecule has 0 aromatic rings. The minimum absolute atomic E-state index is 0.100. The fourth-order valence-electron chi connectivity index (χ4n) is 10.4. The Labute approximate surface area is 554 Å². The van der Waals surface area contributed by atoms with Gasteiger partial charge in [-0.15, -0.1) is 0 Å². The molecule has 0 aliphatic heterocycles. The molecule has 17 nitrogen and oxygen atoms in total. The lowest BCUT2D eigenvalue weighted by Crippen LogP contribution is -2.30. The number of phosphoric acid groups is 2. The van der Waals surface area contributed by atoms with Crippen LogP contribution >= 0.6 is 15.6 Å². The van der Waals surface area contributed by atoms with Gasteiger partial charge >= 0.3 is 39.5 Å². The van der Waals surface area contributed by atoms with E-state index in [4.69, 9.17) is 37.0 Å². The van der Waals surface area contributed by atoms with Crippen LogP contribution in [0.4, 0.5) is 0 Å². The molecule has 0 saturated carbocycles. The van der Waals surface area contributed by atoms with Crippen LogP contribution in [0, 0.1) is 11.8 Å². The average molecular weight is 1340 g/mol. The zero-order chi connectivity index (χ0) is 67.2. The van der Waals surface area contributed by atoms with Crippen molar-refractivity contribution in [1.82, 2.24) is 0 Å². The second kappa shape index (κ2) is 63.6. The lowest BCUT2D eigenvalue weighted by molar-refractivity contribution is -0.161. The van der Waals surface area contributed by atoms with Crippen LogP contribution in [0.5, 0.6) is 0 Å². The van der Waals surface area contributed by atoms with Crippen LogP contribution in [0.15, 0.2) is 24.3 Å². The van der Waals surface area contributed by atoms with E-state index in [1.54, 1.807) is 0 Å². The predicted molar refractivity (Wildman–Crippen MR) is 367 cm³/mol. The smallest absolute Gasteiger partial charge is 0.462 e.